The summed E-state index contributed by atoms with van der Waals surface area (Å²) in [5, 5.41) is 6.37. The normalized spacial score (nSPS) is 10.6. The van der Waals surface area contributed by atoms with Crippen LogP contribution < -0.4 is 15.5 Å². The smallest absolute Gasteiger partial charge is 0.271 e. The summed E-state index contributed by atoms with van der Waals surface area (Å²) in [5.74, 6) is -0.909. The summed E-state index contributed by atoms with van der Waals surface area (Å²) in [4.78, 5) is 24.0. The van der Waals surface area contributed by atoms with Gasteiger partial charge in [-0.3, -0.25) is 9.59 Å². The van der Waals surface area contributed by atoms with Crippen molar-refractivity contribution in [3.05, 3.63) is 94.2 Å². The van der Waals surface area contributed by atoms with Gasteiger partial charge in [0, 0.05) is 10.0 Å². The largest absolute Gasteiger partial charge is 0.484 e. The number of rotatable bonds is 7. The molecule has 3 aromatic rings. The van der Waals surface area contributed by atoms with E-state index in [9.17, 15) is 14.0 Å². The second-order valence-electron chi connectivity index (χ2n) is 6.10. The zero-order valence-corrected chi connectivity index (χ0v) is 17.2. The molecule has 0 aliphatic heterocycles. The zero-order chi connectivity index (χ0) is 21.3. The number of hydrogen-bond donors (Lipinski definition) is 2. The molecule has 3 rings (SSSR count). The molecule has 0 atom stereocenters. The molecule has 0 bridgehead atoms. The summed E-state index contributed by atoms with van der Waals surface area (Å²) >= 11 is 3.31. The number of nitrogens with one attached hydrogen (secondary N) is 2. The lowest BCUT2D eigenvalue weighted by atomic mass is 10.2. The van der Waals surface area contributed by atoms with Crippen LogP contribution in [-0.2, 0) is 4.79 Å². The van der Waals surface area contributed by atoms with Gasteiger partial charge in [-0.25, -0.2) is 9.82 Å². The van der Waals surface area contributed by atoms with Gasteiger partial charge in [-0.05, 0) is 54.1 Å². The minimum absolute atomic E-state index is 0.0912. The van der Waals surface area contributed by atoms with Gasteiger partial charge in [-0.15, -0.1) is 0 Å². The molecule has 0 aromatic heterocycles. The Morgan fingerprint density at radius 2 is 1.80 bits per heavy atom. The number of anilines is 1. The lowest BCUT2D eigenvalue weighted by Gasteiger charge is -2.08. The summed E-state index contributed by atoms with van der Waals surface area (Å²) < 4.78 is 19.9. The fourth-order valence-corrected chi connectivity index (χ4v) is 2.68. The molecule has 0 fully saturated rings. The van der Waals surface area contributed by atoms with Crippen LogP contribution in [0.15, 0.2) is 82.4 Å². The Balaban J connectivity index is 1.52. The van der Waals surface area contributed by atoms with Crippen LogP contribution in [0, 0.1) is 5.82 Å². The predicted molar refractivity (Wildman–Crippen MR) is 116 cm³/mol. The van der Waals surface area contributed by atoms with E-state index in [1.54, 1.807) is 54.6 Å². The van der Waals surface area contributed by atoms with E-state index in [2.05, 4.69) is 31.8 Å². The maximum absolute atomic E-state index is 13.6. The molecule has 0 aliphatic rings. The molecule has 3 aromatic carbocycles. The number of benzene rings is 3. The van der Waals surface area contributed by atoms with E-state index in [-0.39, 0.29) is 18.2 Å². The van der Waals surface area contributed by atoms with Crippen LogP contribution in [0.25, 0.3) is 0 Å². The molecule has 8 heteroatoms. The van der Waals surface area contributed by atoms with Crippen LogP contribution in [0.3, 0.4) is 0 Å². The van der Waals surface area contributed by atoms with E-state index >= 15 is 0 Å². The molecule has 2 amide bonds. The number of halogens is 2. The van der Waals surface area contributed by atoms with Crippen molar-refractivity contribution in [2.75, 3.05) is 11.9 Å². The second kappa shape index (κ2) is 10.3. The van der Waals surface area contributed by atoms with Crippen LogP contribution >= 0.6 is 15.9 Å². The van der Waals surface area contributed by atoms with Gasteiger partial charge in [0.05, 0.1) is 11.9 Å². The maximum atomic E-state index is 13.6. The van der Waals surface area contributed by atoms with Crippen molar-refractivity contribution >= 4 is 39.6 Å². The number of para-hydroxylation sites is 1. The molecule has 152 valence electrons. The molecule has 6 nitrogen and oxygen atoms in total. The summed E-state index contributed by atoms with van der Waals surface area (Å²) in [7, 11) is 0. The van der Waals surface area contributed by atoms with E-state index in [0.29, 0.717) is 16.9 Å². The SMILES string of the molecule is O=C(COc1cccc(/C=N/NC(=O)c2ccc(Br)cc2)c1)Nc1ccccc1F. The Bertz CT molecular complexity index is 1070. The van der Waals surface area contributed by atoms with E-state index in [1.807, 2.05) is 0 Å². The molecular formula is C22H17BrFN3O3. The molecule has 0 heterocycles. The molecular weight excluding hydrogens is 453 g/mol. The van der Waals surface area contributed by atoms with Crippen molar-refractivity contribution in [3.8, 4) is 5.75 Å². The Labute approximate surface area is 180 Å². The van der Waals surface area contributed by atoms with Gasteiger partial charge in [-0.2, -0.15) is 5.10 Å². The fraction of sp³-hybridized carbons (Fsp3) is 0.0455. The monoisotopic (exact) mass is 469 g/mol. The predicted octanol–water partition coefficient (Wildman–Crippen LogP) is 4.37. The van der Waals surface area contributed by atoms with E-state index in [1.165, 1.54) is 24.4 Å². The van der Waals surface area contributed by atoms with Gasteiger partial charge in [0.2, 0.25) is 0 Å². The van der Waals surface area contributed by atoms with E-state index in [4.69, 9.17) is 4.74 Å². The number of ether oxygens (including phenoxy) is 1. The minimum atomic E-state index is -0.519. The van der Waals surface area contributed by atoms with Gasteiger partial charge in [0.15, 0.2) is 6.61 Å². The average Bonchev–Trinajstić information content (AvgIpc) is 2.75. The highest BCUT2D eigenvalue weighted by atomic mass is 79.9. The van der Waals surface area contributed by atoms with Crippen LogP contribution in [-0.4, -0.2) is 24.6 Å². The number of hydrogen-bond acceptors (Lipinski definition) is 4. The van der Waals surface area contributed by atoms with Gasteiger partial charge >= 0.3 is 0 Å². The van der Waals surface area contributed by atoms with Crippen molar-refractivity contribution in [1.82, 2.24) is 5.43 Å². The molecule has 0 saturated heterocycles. The van der Waals surface area contributed by atoms with Crippen molar-refractivity contribution in [3.63, 3.8) is 0 Å². The van der Waals surface area contributed by atoms with Gasteiger partial charge < -0.3 is 10.1 Å². The van der Waals surface area contributed by atoms with Crippen LogP contribution in [0.4, 0.5) is 10.1 Å². The molecule has 0 saturated carbocycles. The fourth-order valence-electron chi connectivity index (χ4n) is 2.41. The van der Waals surface area contributed by atoms with E-state index in [0.717, 1.165) is 4.47 Å². The summed E-state index contributed by atoms with van der Waals surface area (Å²) in [5.41, 5.74) is 3.68. The second-order valence-corrected chi connectivity index (χ2v) is 7.01. The van der Waals surface area contributed by atoms with Crippen molar-refractivity contribution in [2.45, 2.75) is 0 Å². The Morgan fingerprint density at radius 3 is 2.57 bits per heavy atom. The molecule has 0 unspecified atom stereocenters. The van der Waals surface area contributed by atoms with Crippen LogP contribution in [0.1, 0.15) is 15.9 Å². The first-order valence-electron chi connectivity index (χ1n) is 8.87. The zero-order valence-electron chi connectivity index (χ0n) is 15.6. The first-order valence-corrected chi connectivity index (χ1v) is 9.67. The maximum Gasteiger partial charge on any atom is 0.271 e. The summed E-state index contributed by atoms with van der Waals surface area (Å²) in [6.07, 6.45) is 1.46. The average molecular weight is 470 g/mol. The van der Waals surface area contributed by atoms with Crippen molar-refractivity contribution in [2.24, 2.45) is 5.10 Å². The lowest BCUT2D eigenvalue weighted by Crippen LogP contribution is -2.20. The number of amides is 2. The van der Waals surface area contributed by atoms with Gasteiger partial charge in [0.25, 0.3) is 11.8 Å². The Kier molecular flexibility index (Phi) is 7.29. The number of hydrazone groups is 1. The standard InChI is InChI=1S/C22H17BrFN3O3/c23-17-10-8-16(9-11-17)22(29)27-25-13-15-4-3-5-18(12-15)30-14-21(28)26-20-7-2-1-6-19(20)24/h1-13H,14H2,(H,26,28)(H,27,29)/b25-13+. The van der Waals surface area contributed by atoms with Gasteiger partial charge in [0.1, 0.15) is 11.6 Å². The molecule has 0 spiro atoms. The summed E-state index contributed by atoms with van der Waals surface area (Å²) in [6.45, 7) is -0.283. The Morgan fingerprint density at radius 1 is 1.03 bits per heavy atom. The molecule has 2 N–H and O–H groups in total. The number of carbonyl (C=O) groups excluding carboxylic acids is 2. The lowest BCUT2D eigenvalue weighted by molar-refractivity contribution is -0.118. The third kappa shape index (κ3) is 6.25. The highest BCUT2D eigenvalue weighted by Crippen LogP contribution is 2.14. The molecule has 30 heavy (non-hydrogen) atoms. The molecule has 0 aliphatic carbocycles. The van der Waals surface area contributed by atoms with Crippen molar-refractivity contribution < 1.29 is 18.7 Å². The topological polar surface area (TPSA) is 79.8 Å². The van der Waals surface area contributed by atoms with Crippen molar-refractivity contribution in [1.29, 1.82) is 0 Å². The first-order chi connectivity index (χ1) is 14.5. The highest BCUT2D eigenvalue weighted by molar-refractivity contribution is 9.10. The molecule has 0 radical (unpaired) electrons. The van der Waals surface area contributed by atoms with Crippen LogP contribution in [0.5, 0.6) is 5.75 Å². The summed E-state index contributed by atoms with van der Waals surface area (Å²) in [6, 6.07) is 19.6. The quantitative estimate of drug-likeness (QED) is 0.398. The van der Waals surface area contributed by atoms with Gasteiger partial charge in [-0.1, -0.05) is 40.2 Å². The number of carbonyl (C=O) groups is 2. The third-order valence-electron chi connectivity index (χ3n) is 3.86. The van der Waals surface area contributed by atoms with E-state index < -0.39 is 11.7 Å². The Hall–Kier alpha value is -3.52. The minimum Gasteiger partial charge on any atom is -0.484 e. The van der Waals surface area contributed by atoms with Crippen LogP contribution in [0.2, 0.25) is 0 Å². The first kappa shape index (κ1) is 21.2. The highest BCUT2D eigenvalue weighted by Gasteiger charge is 2.07. The third-order valence-corrected chi connectivity index (χ3v) is 4.39. The number of nitrogens with zero attached hydrogens (tertiary/aromatic N) is 1.